The van der Waals surface area contributed by atoms with Gasteiger partial charge in [-0.05, 0) is 32.2 Å². The number of thiophene rings is 1. The van der Waals surface area contributed by atoms with Gasteiger partial charge in [0.1, 0.15) is 5.82 Å². The zero-order chi connectivity index (χ0) is 17.1. The van der Waals surface area contributed by atoms with Gasteiger partial charge < -0.3 is 9.73 Å². The number of carbonyl (C=O) groups is 1. The van der Waals surface area contributed by atoms with Crippen molar-refractivity contribution in [2.75, 3.05) is 5.32 Å². The van der Waals surface area contributed by atoms with E-state index < -0.39 is 0 Å². The highest BCUT2D eigenvalue weighted by atomic mass is 32.2. The van der Waals surface area contributed by atoms with E-state index in [1.54, 1.807) is 23.9 Å². The standard InChI is InChI=1S/C15H17N5O2S2/c1-9(2)20-12(6-7-16-20)17-13(21)10(3)24-15-19-18-14(22-15)11-5-4-8-23-11/h4-10H,1-3H3,(H,17,21). The van der Waals surface area contributed by atoms with E-state index in [4.69, 9.17) is 4.42 Å². The number of carbonyl (C=O) groups excluding carboxylic acids is 1. The maximum Gasteiger partial charge on any atom is 0.277 e. The fourth-order valence-corrected chi connectivity index (χ4v) is 3.34. The highest BCUT2D eigenvalue weighted by Crippen LogP contribution is 2.28. The SMILES string of the molecule is CC(Sc1nnc(-c2cccs2)o1)C(=O)Nc1ccnn1C(C)C. The topological polar surface area (TPSA) is 85.8 Å². The third-order valence-corrected chi connectivity index (χ3v) is 4.99. The highest BCUT2D eigenvalue weighted by Gasteiger charge is 2.20. The predicted octanol–water partition coefficient (Wildman–Crippen LogP) is 3.69. The van der Waals surface area contributed by atoms with Crippen LogP contribution in [0.25, 0.3) is 10.8 Å². The molecule has 3 heterocycles. The van der Waals surface area contributed by atoms with Gasteiger partial charge in [-0.3, -0.25) is 4.79 Å². The Kier molecular flexibility index (Phi) is 5.00. The van der Waals surface area contributed by atoms with Crippen molar-refractivity contribution in [1.82, 2.24) is 20.0 Å². The normalized spacial score (nSPS) is 12.5. The van der Waals surface area contributed by atoms with Crippen LogP contribution in [0, 0.1) is 0 Å². The van der Waals surface area contributed by atoms with Crippen LogP contribution in [0.3, 0.4) is 0 Å². The van der Waals surface area contributed by atoms with Crippen LogP contribution in [-0.4, -0.2) is 31.1 Å². The number of nitrogens with zero attached hydrogens (tertiary/aromatic N) is 4. The second-order valence-electron chi connectivity index (χ2n) is 5.35. The van der Waals surface area contributed by atoms with E-state index in [9.17, 15) is 4.79 Å². The van der Waals surface area contributed by atoms with Crippen molar-refractivity contribution in [3.63, 3.8) is 0 Å². The molecule has 0 bridgehead atoms. The van der Waals surface area contributed by atoms with Crippen LogP contribution in [-0.2, 0) is 4.79 Å². The van der Waals surface area contributed by atoms with Gasteiger partial charge in [-0.15, -0.1) is 21.5 Å². The lowest BCUT2D eigenvalue weighted by Crippen LogP contribution is -2.24. The Labute approximate surface area is 147 Å². The third-order valence-electron chi connectivity index (χ3n) is 3.20. The van der Waals surface area contributed by atoms with Crippen LogP contribution >= 0.6 is 23.1 Å². The van der Waals surface area contributed by atoms with Gasteiger partial charge in [0.05, 0.1) is 16.3 Å². The van der Waals surface area contributed by atoms with E-state index in [1.807, 2.05) is 31.4 Å². The van der Waals surface area contributed by atoms with Crippen molar-refractivity contribution < 1.29 is 9.21 Å². The lowest BCUT2D eigenvalue weighted by molar-refractivity contribution is -0.115. The van der Waals surface area contributed by atoms with Crippen LogP contribution in [0.15, 0.2) is 39.4 Å². The molecule has 0 saturated carbocycles. The Hall–Kier alpha value is -2.13. The molecule has 0 aromatic carbocycles. The van der Waals surface area contributed by atoms with Crippen molar-refractivity contribution >= 4 is 34.8 Å². The summed E-state index contributed by atoms with van der Waals surface area (Å²) in [4.78, 5) is 13.3. The van der Waals surface area contributed by atoms with Crippen LogP contribution in [0.2, 0.25) is 0 Å². The smallest absolute Gasteiger partial charge is 0.277 e. The molecule has 24 heavy (non-hydrogen) atoms. The minimum absolute atomic E-state index is 0.140. The Bertz CT molecular complexity index is 810. The van der Waals surface area contributed by atoms with E-state index in [-0.39, 0.29) is 17.2 Å². The van der Waals surface area contributed by atoms with Crippen molar-refractivity contribution in [2.24, 2.45) is 0 Å². The van der Waals surface area contributed by atoms with Gasteiger partial charge in [-0.25, -0.2) is 4.68 Å². The minimum Gasteiger partial charge on any atom is -0.410 e. The van der Waals surface area contributed by atoms with Gasteiger partial charge in [0.2, 0.25) is 5.91 Å². The Balaban J connectivity index is 1.63. The summed E-state index contributed by atoms with van der Waals surface area (Å²) in [5, 5.41) is 17.0. The maximum absolute atomic E-state index is 12.4. The molecule has 7 nitrogen and oxygen atoms in total. The average molecular weight is 363 g/mol. The van der Waals surface area contributed by atoms with Gasteiger partial charge >= 0.3 is 0 Å². The second-order valence-corrected chi connectivity index (χ2v) is 7.59. The molecule has 0 aliphatic carbocycles. The Morgan fingerprint density at radius 2 is 2.17 bits per heavy atom. The summed E-state index contributed by atoms with van der Waals surface area (Å²) in [6.07, 6.45) is 1.67. The molecule has 126 valence electrons. The summed E-state index contributed by atoms with van der Waals surface area (Å²) in [6.45, 7) is 5.81. The van der Waals surface area contributed by atoms with E-state index in [0.717, 1.165) is 4.88 Å². The molecule has 1 unspecified atom stereocenters. The van der Waals surface area contributed by atoms with Crippen molar-refractivity contribution in [1.29, 1.82) is 0 Å². The molecule has 3 aromatic heterocycles. The summed E-state index contributed by atoms with van der Waals surface area (Å²) < 4.78 is 7.36. The number of hydrogen-bond donors (Lipinski definition) is 1. The first-order chi connectivity index (χ1) is 11.5. The van der Waals surface area contributed by atoms with Crippen LogP contribution in [0.1, 0.15) is 26.8 Å². The van der Waals surface area contributed by atoms with Gasteiger partial charge in [0, 0.05) is 12.1 Å². The molecular weight excluding hydrogens is 346 g/mol. The van der Waals surface area contributed by atoms with Crippen molar-refractivity contribution in [3.05, 3.63) is 29.8 Å². The number of nitrogens with one attached hydrogen (secondary N) is 1. The van der Waals surface area contributed by atoms with Gasteiger partial charge in [0.25, 0.3) is 11.1 Å². The first-order valence-electron chi connectivity index (χ1n) is 7.43. The first kappa shape index (κ1) is 16.7. The number of rotatable bonds is 6. The van der Waals surface area contributed by atoms with E-state index in [2.05, 4.69) is 20.6 Å². The molecule has 9 heteroatoms. The number of amides is 1. The monoisotopic (exact) mass is 363 g/mol. The zero-order valence-corrected chi connectivity index (χ0v) is 15.1. The molecule has 0 aliphatic rings. The third kappa shape index (κ3) is 3.68. The molecule has 3 rings (SSSR count). The van der Waals surface area contributed by atoms with Crippen LogP contribution < -0.4 is 5.32 Å². The average Bonchev–Trinajstić information content (AvgIpc) is 3.28. The highest BCUT2D eigenvalue weighted by molar-refractivity contribution is 8.00. The second kappa shape index (κ2) is 7.18. The molecule has 1 atom stereocenters. The number of anilines is 1. The number of thioether (sulfide) groups is 1. The van der Waals surface area contributed by atoms with Crippen molar-refractivity contribution in [2.45, 2.75) is 37.3 Å². The molecule has 0 radical (unpaired) electrons. The maximum atomic E-state index is 12.4. The molecule has 0 fully saturated rings. The first-order valence-corrected chi connectivity index (χ1v) is 9.19. The van der Waals surface area contributed by atoms with Crippen molar-refractivity contribution in [3.8, 4) is 10.8 Å². The van der Waals surface area contributed by atoms with Gasteiger partial charge in [0.15, 0.2) is 0 Å². The number of hydrogen-bond acceptors (Lipinski definition) is 7. The van der Waals surface area contributed by atoms with E-state index in [1.165, 1.54) is 23.1 Å². The Morgan fingerprint density at radius 3 is 2.88 bits per heavy atom. The summed E-state index contributed by atoms with van der Waals surface area (Å²) >= 11 is 2.76. The summed E-state index contributed by atoms with van der Waals surface area (Å²) in [6, 6.07) is 5.78. The quantitative estimate of drug-likeness (QED) is 0.672. The molecule has 0 saturated heterocycles. The molecule has 0 aliphatic heterocycles. The molecule has 0 spiro atoms. The summed E-state index contributed by atoms with van der Waals surface area (Å²) in [5.41, 5.74) is 0. The lowest BCUT2D eigenvalue weighted by Gasteiger charge is -2.13. The fraction of sp³-hybridized carbons (Fsp3) is 0.333. The van der Waals surface area contributed by atoms with Gasteiger partial charge in [-0.1, -0.05) is 17.8 Å². The lowest BCUT2D eigenvalue weighted by atomic mass is 10.4. The summed E-state index contributed by atoms with van der Waals surface area (Å²) in [5.74, 6) is 1.00. The zero-order valence-electron chi connectivity index (χ0n) is 13.5. The molecule has 1 amide bonds. The molecule has 3 aromatic rings. The minimum atomic E-state index is -0.378. The summed E-state index contributed by atoms with van der Waals surface area (Å²) in [7, 11) is 0. The van der Waals surface area contributed by atoms with Crippen LogP contribution in [0.4, 0.5) is 5.82 Å². The molecular formula is C15H17N5O2S2. The van der Waals surface area contributed by atoms with Crippen LogP contribution in [0.5, 0.6) is 0 Å². The van der Waals surface area contributed by atoms with Gasteiger partial charge in [-0.2, -0.15) is 5.10 Å². The predicted molar refractivity (Wildman–Crippen MR) is 94.2 cm³/mol. The molecule has 1 N–H and O–H groups in total. The number of aromatic nitrogens is 4. The fourth-order valence-electron chi connectivity index (χ4n) is 2.01. The Morgan fingerprint density at radius 1 is 1.33 bits per heavy atom. The van der Waals surface area contributed by atoms with E-state index in [0.29, 0.717) is 16.9 Å². The van der Waals surface area contributed by atoms with E-state index >= 15 is 0 Å². The largest absolute Gasteiger partial charge is 0.410 e.